The van der Waals surface area contributed by atoms with Crippen LogP contribution >= 0.6 is 0 Å². The zero-order valence-corrected chi connectivity index (χ0v) is 12.3. The van der Waals surface area contributed by atoms with Gasteiger partial charge in [-0.25, -0.2) is 0 Å². The van der Waals surface area contributed by atoms with Gasteiger partial charge >= 0.3 is 0 Å². The van der Waals surface area contributed by atoms with Gasteiger partial charge < -0.3 is 10.6 Å². The van der Waals surface area contributed by atoms with Crippen molar-refractivity contribution in [2.75, 3.05) is 19.6 Å². The molecule has 1 fully saturated rings. The van der Waals surface area contributed by atoms with Crippen LogP contribution in [0.3, 0.4) is 0 Å². The molecule has 18 heavy (non-hydrogen) atoms. The molecule has 0 aromatic carbocycles. The van der Waals surface area contributed by atoms with Gasteiger partial charge in [0.15, 0.2) is 0 Å². The Balaban J connectivity index is 2.10. The largest absolute Gasteiger partial charge is 0.314 e. The van der Waals surface area contributed by atoms with Crippen molar-refractivity contribution < 1.29 is 0 Å². The van der Waals surface area contributed by atoms with Crippen molar-refractivity contribution in [1.82, 2.24) is 4.90 Å². The molecular weight excluding hydrogens is 222 g/mol. The molecule has 0 spiro atoms. The average Bonchev–Trinajstić information content (AvgIpc) is 2.35. The molecule has 0 bridgehead atoms. The third-order valence-corrected chi connectivity index (χ3v) is 4.25. The Morgan fingerprint density at radius 3 is 2.44 bits per heavy atom. The number of likely N-dealkylation sites (tertiary alicyclic amines) is 1. The van der Waals surface area contributed by atoms with Gasteiger partial charge in [-0.3, -0.25) is 0 Å². The van der Waals surface area contributed by atoms with Crippen molar-refractivity contribution >= 4 is 0 Å². The standard InChI is InChI=1S/C15H29N3/c1-13(2)14-6-10-18(11-7-14)9-5-4-8-15(3,17)12-16/h13-14H,4-11,17H2,1-3H3. The van der Waals surface area contributed by atoms with Crippen LogP contribution < -0.4 is 5.73 Å². The molecule has 1 unspecified atom stereocenters. The highest BCUT2D eigenvalue weighted by molar-refractivity contribution is 5.00. The van der Waals surface area contributed by atoms with E-state index in [9.17, 15) is 0 Å². The van der Waals surface area contributed by atoms with E-state index in [1.807, 2.05) is 6.92 Å². The van der Waals surface area contributed by atoms with E-state index in [1.165, 1.54) is 38.9 Å². The minimum atomic E-state index is -0.634. The highest BCUT2D eigenvalue weighted by atomic mass is 15.1. The molecule has 0 aromatic rings. The second-order valence-electron chi connectivity index (χ2n) is 6.41. The summed E-state index contributed by atoms with van der Waals surface area (Å²) in [6.45, 7) is 10.2. The highest BCUT2D eigenvalue weighted by Gasteiger charge is 2.21. The molecule has 0 aromatic heterocycles. The molecule has 2 N–H and O–H groups in total. The third kappa shape index (κ3) is 5.37. The summed E-state index contributed by atoms with van der Waals surface area (Å²) in [4.78, 5) is 2.57. The molecule has 104 valence electrons. The average molecular weight is 251 g/mol. The van der Waals surface area contributed by atoms with Crippen LogP contribution in [0.1, 0.15) is 52.9 Å². The Morgan fingerprint density at radius 1 is 1.33 bits per heavy atom. The number of hydrogen-bond acceptors (Lipinski definition) is 3. The van der Waals surface area contributed by atoms with Crippen LogP contribution in [-0.4, -0.2) is 30.1 Å². The molecular formula is C15H29N3. The number of nitrogens with two attached hydrogens (primary N) is 1. The Bertz CT molecular complexity index is 270. The fourth-order valence-corrected chi connectivity index (χ4v) is 2.73. The van der Waals surface area contributed by atoms with E-state index in [0.29, 0.717) is 0 Å². The van der Waals surface area contributed by atoms with Crippen LogP contribution in [0, 0.1) is 23.2 Å². The van der Waals surface area contributed by atoms with E-state index in [1.54, 1.807) is 0 Å². The molecule has 1 heterocycles. The smallest absolute Gasteiger partial charge is 0.101 e. The molecule has 1 atom stereocenters. The van der Waals surface area contributed by atoms with E-state index in [0.717, 1.165) is 24.7 Å². The number of unbranched alkanes of at least 4 members (excludes halogenated alkanes) is 1. The monoisotopic (exact) mass is 251 g/mol. The lowest BCUT2D eigenvalue weighted by Crippen LogP contribution is -2.36. The predicted molar refractivity (Wildman–Crippen MR) is 76.1 cm³/mol. The highest BCUT2D eigenvalue weighted by Crippen LogP contribution is 2.24. The molecule has 3 heteroatoms. The second kappa shape index (κ2) is 7.11. The zero-order chi connectivity index (χ0) is 13.6. The first-order chi connectivity index (χ1) is 8.44. The molecule has 1 rings (SSSR count). The summed E-state index contributed by atoms with van der Waals surface area (Å²) in [5.41, 5.74) is 5.18. The lowest BCUT2D eigenvalue weighted by Gasteiger charge is -2.33. The number of nitriles is 1. The van der Waals surface area contributed by atoms with E-state index < -0.39 is 5.54 Å². The fourth-order valence-electron chi connectivity index (χ4n) is 2.73. The maximum Gasteiger partial charge on any atom is 0.101 e. The molecule has 1 saturated heterocycles. The normalized spacial score (nSPS) is 21.8. The van der Waals surface area contributed by atoms with Gasteiger partial charge in [0.05, 0.1) is 6.07 Å². The number of hydrogen-bond donors (Lipinski definition) is 1. The van der Waals surface area contributed by atoms with Gasteiger partial charge in [-0.2, -0.15) is 5.26 Å². The Kier molecular flexibility index (Phi) is 6.11. The first-order valence-corrected chi connectivity index (χ1v) is 7.37. The van der Waals surface area contributed by atoms with Gasteiger partial charge in [0.25, 0.3) is 0 Å². The number of rotatable bonds is 6. The van der Waals surface area contributed by atoms with Crippen molar-refractivity contribution in [2.24, 2.45) is 17.6 Å². The Morgan fingerprint density at radius 2 is 1.94 bits per heavy atom. The fraction of sp³-hybridized carbons (Fsp3) is 0.933. The summed E-state index contributed by atoms with van der Waals surface area (Å²) in [5, 5.41) is 8.84. The van der Waals surface area contributed by atoms with Gasteiger partial charge in [-0.15, -0.1) is 0 Å². The van der Waals surface area contributed by atoms with Crippen molar-refractivity contribution in [3.8, 4) is 6.07 Å². The quantitative estimate of drug-likeness (QED) is 0.739. The Labute approximate surface area is 112 Å². The van der Waals surface area contributed by atoms with Crippen molar-refractivity contribution in [1.29, 1.82) is 5.26 Å². The van der Waals surface area contributed by atoms with Gasteiger partial charge in [0.1, 0.15) is 5.54 Å². The summed E-state index contributed by atoms with van der Waals surface area (Å²) in [6.07, 6.45) is 5.74. The lowest BCUT2D eigenvalue weighted by atomic mass is 9.86. The van der Waals surface area contributed by atoms with Gasteiger partial charge in [-0.05, 0) is 70.5 Å². The predicted octanol–water partition coefficient (Wildman–Crippen LogP) is 2.77. The topological polar surface area (TPSA) is 53.0 Å². The van der Waals surface area contributed by atoms with Gasteiger partial charge in [-0.1, -0.05) is 13.8 Å². The summed E-state index contributed by atoms with van der Waals surface area (Å²) in [7, 11) is 0. The molecule has 3 nitrogen and oxygen atoms in total. The van der Waals surface area contributed by atoms with Crippen molar-refractivity contribution in [2.45, 2.75) is 58.4 Å². The van der Waals surface area contributed by atoms with Crippen molar-refractivity contribution in [3.05, 3.63) is 0 Å². The van der Waals surface area contributed by atoms with E-state index in [4.69, 9.17) is 11.0 Å². The van der Waals surface area contributed by atoms with E-state index >= 15 is 0 Å². The molecule has 0 saturated carbocycles. The van der Waals surface area contributed by atoms with Crippen LogP contribution in [0.5, 0.6) is 0 Å². The second-order valence-corrected chi connectivity index (χ2v) is 6.41. The maximum absolute atomic E-state index is 8.84. The van der Waals surface area contributed by atoms with Crippen LogP contribution in [-0.2, 0) is 0 Å². The molecule has 1 aliphatic rings. The van der Waals surface area contributed by atoms with Crippen LogP contribution in [0.2, 0.25) is 0 Å². The van der Waals surface area contributed by atoms with E-state index in [2.05, 4.69) is 24.8 Å². The van der Waals surface area contributed by atoms with Gasteiger partial charge in [0, 0.05) is 0 Å². The van der Waals surface area contributed by atoms with Crippen LogP contribution in [0.25, 0.3) is 0 Å². The maximum atomic E-state index is 8.84. The number of piperidine rings is 1. The van der Waals surface area contributed by atoms with Crippen molar-refractivity contribution in [3.63, 3.8) is 0 Å². The SMILES string of the molecule is CC(C)C1CCN(CCCCC(C)(N)C#N)CC1. The third-order valence-electron chi connectivity index (χ3n) is 4.25. The minimum Gasteiger partial charge on any atom is -0.314 e. The first-order valence-electron chi connectivity index (χ1n) is 7.37. The van der Waals surface area contributed by atoms with Crippen LogP contribution in [0.15, 0.2) is 0 Å². The zero-order valence-electron chi connectivity index (χ0n) is 12.3. The molecule has 0 aliphatic carbocycles. The van der Waals surface area contributed by atoms with Gasteiger partial charge in [0.2, 0.25) is 0 Å². The molecule has 0 radical (unpaired) electrons. The Hall–Kier alpha value is -0.590. The minimum absolute atomic E-state index is 0.634. The molecule has 0 amide bonds. The summed E-state index contributed by atoms with van der Waals surface area (Å²) < 4.78 is 0. The summed E-state index contributed by atoms with van der Waals surface area (Å²) in [5.74, 6) is 1.76. The number of nitrogens with zero attached hydrogens (tertiary/aromatic N) is 2. The summed E-state index contributed by atoms with van der Waals surface area (Å²) in [6, 6.07) is 2.16. The summed E-state index contributed by atoms with van der Waals surface area (Å²) >= 11 is 0. The lowest BCUT2D eigenvalue weighted by molar-refractivity contribution is 0.155. The van der Waals surface area contributed by atoms with E-state index in [-0.39, 0.29) is 0 Å². The molecule has 1 aliphatic heterocycles. The van der Waals surface area contributed by atoms with Crippen LogP contribution in [0.4, 0.5) is 0 Å². The first kappa shape index (κ1) is 15.5.